The fraction of sp³-hybridized carbons (Fsp3) is 0.250. The SMILES string of the molecule is CCNCc1ncc(-c2cc(F)ccc2[N+](=O)[O-])o1. The Balaban J connectivity index is 2.37. The summed E-state index contributed by atoms with van der Waals surface area (Å²) < 4.78 is 18.6. The number of benzene rings is 1. The van der Waals surface area contributed by atoms with Crippen molar-refractivity contribution in [1.29, 1.82) is 0 Å². The van der Waals surface area contributed by atoms with Gasteiger partial charge in [-0.1, -0.05) is 6.92 Å². The van der Waals surface area contributed by atoms with Crippen LogP contribution in [-0.4, -0.2) is 16.5 Å². The number of aromatic nitrogens is 1. The Bertz CT molecular complexity index is 598. The molecule has 6 nitrogen and oxygen atoms in total. The van der Waals surface area contributed by atoms with Gasteiger partial charge in [-0.05, 0) is 18.7 Å². The topological polar surface area (TPSA) is 81.2 Å². The molecule has 0 spiro atoms. The molecule has 0 radical (unpaired) electrons. The molecule has 2 rings (SSSR count). The fourth-order valence-corrected chi connectivity index (χ4v) is 1.61. The van der Waals surface area contributed by atoms with Gasteiger partial charge in [-0.25, -0.2) is 9.37 Å². The van der Waals surface area contributed by atoms with E-state index >= 15 is 0 Å². The maximum atomic E-state index is 13.2. The first-order chi connectivity index (χ1) is 9.11. The highest BCUT2D eigenvalue weighted by molar-refractivity contribution is 5.68. The summed E-state index contributed by atoms with van der Waals surface area (Å²) in [6, 6.07) is 3.21. The molecule has 0 amide bonds. The van der Waals surface area contributed by atoms with Crippen molar-refractivity contribution in [3.8, 4) is 11.3 Å². The maximum absolute atomic E-state index is 13.2. The second kappa shape index (κ2) is 5.57. The number of hydrogen-bond donors (Lipinski definition) is 1. The summed E-state index contributed by atoms with van der Waals surface area (Å²) in [5.74, 6) is 0.0137. The lowest BCUT2D eigenvalue weighted by molar-refractivity contribution is -0.384. The number of oxazole rings is 1. The van der Waals surface area contributed by atoms with Gasteiger partial charge in [0.15, 0.2) is 5.76 Å². The van der Waals surface area contributed by atoms with Crippen LogP contribution in [0.15, 0.2) is 28.8 Å². The molecule has 7 heteroatoms. The van der Waals surface area contributed by atoms with Crippen LogP contribution in [0.2, 0.25) is 0 Å². The Kier molecular flexibility index (Phi) is 3.86. The Hall–Kier alpha value is -2.28. The van der Waals surface area contributed by atoms with E-state index in [0.717, 1.165) is 24.7 Å². The molecule has 0 saturated heterocycles. The van der Waals surface area contributed by atoms with Crippen molar-refractivity contribution < 1.29 is 13.7 Å². The zero-order valence-electron chi connectivity index (χ0n) is 10.2. The van der Waals surface area contributed by atoms with Gasteiger partial charge >= 0.3 is 0 Å². The number of nitro groups is 1. The number of nitro benzene ring substituents is 1. The number of nitrogens with one attached hydrogen (secondary N) is 1. The second-order valence-electron chi connectivity index (χ2n) is 3.82. The summed E-state index contributed by atoms with van der Waals surface area (Å²) in [4.78, 5) is 14.3. The second-order valence-corrected chi connectivity index (χ2v) is 3.82. The van der Waals surface area contributed by atoms with Crippen molar-refractivity contribution in [1.82, 2.24) is 10.3 Å². The van der Waals surface area contributed by atoms with Crippen LogP contribution >= 0.6 is 0 Å². The third-order valence-corrected chi connectivity index (χ3v) is 2.50. The molecule has 19 heavy (non-hydrogen) atoms. The summed E-state index contributed by atoms with van der Waals surface area (Å²) in [6.07, 6.45) is 1.36. The van der Waals surface area contributed by atoms with E-state index in [9.17, 15) is 14.5 Å². The molecule has 0 aliphatic rings. The zero-order valence-corrected chi connectivity index (χ0v) is 10.2. The summed E-state index contributed by atoms with van der Waals surface area (Å²) in [6.45, 7) is 3.10. The third-order valence-electron chi connectivity index (χ3n) is 2.50. The van der Waals surface area contributed by atoms with Gasteiger partial charge in [0.2, 0.25) is 5.89 Å². The Morgan fingerprint density at radius 2 is 2.32 bits per heavy atom. The van der Waals surface area contributed by atoms with Crippen molar-refractivity contribution in [2.75, 3.05) is 6.54 Å². The largest absolute Gasteiger partial charge is 0.439 e. The fourth-order valence-electron chi connectivity index (χ4n) is 1.61. The van der Waals surface area contributed by atoms with Crippen molar-refractivity contribution in [3.63, 3.8) is 0 Å². The Labute approximate surface area is 108 Å². The lowest BCUT2D eigenvalue weighted by Crippen LogP contribution is -2.11. The van der Waals surface area contributed by atoms with Crippen LogP contribution in [0, 0.1) is 15.9 Å². The molecular formula is C12H12FN3O3. The Morgan fingerprint density at radius 3 is 3.00 bits per heavy atom. The highest BCUT2D eigenvalue weighted by Crippen LogP contribution is 2.30. The van der Waals surface area contributed by atoms with Crippen molar-refractivity contribution in [3.05, 3.63) is 46.2 Å². The highest BCUT2D eigenvalue weighted by Gasteiger charge is 2.19. The molecule has 0 unspecified atom stereocenters. The van der Waals surface area contributed by atoms with Crippen LogP contribution in [0.5, 0.6) is 0 Å². The molecule has 0 bridgehead atoms. The van der Waals surface area contributed by atoms with E-state index in [0.29, 0.717) is 12.4 Å². The van der Waals surface area contributed by atoms with Gasteiger partial charge in [0.05, 0.1) is 23.2 Å². The molecule has 0 fully saturated rings. The van der Waals surface area contributed by atoms with Crippen LogP contribution in [0.3, 0.4) is 0 Å². The van der Waals surface area contributed by atoms with Gasteiger partial charge in [-0.3, -0.25) is 10.1 Å². The van der Waals surface area contributed by atoms with Crippen LogP contribution in [-0.2, 0) is 6.54 Å². The van der Waals surface area contributed by atoms with Crippen molar-refractivity contribution >= 4 is 5.69 Å². The quantitative estimate of drug-likeness (QED) is 0.663. The van der Waals surface area contributed by atoms with E-state index in [1.165, 1.54) is 6.20 Å². The van der Waals surface area contributed by atoms with E-state index in [4.69, 9.17) is 4.42 Å². The van der Waals surface area contributed by atoms with E-state index in [-0.39, 0.29) is 17.0 Å². The average molecular weight is 265 g/mol. The number of nitrogens with zero attached hydrogens (tertiary/aromatic N) is 2. The first-order valence-electron chi connectivity index (χ1n) is 5.71. The monoisotopic (exact) mass is 265 g/mol. The van der Waals surface area contributed by atoms with Crippen molar-refractivity contribution in [2.45, 2.75) is 13.5 Å². The van der Waals surface area contributed by atoms with Gasteiger partial charge in [0.25, 0.3) is 5.69 Å². The third kappa shape index (κ3) is 2.94. The van der Waals surface area contributed by atoms with Gasteiger partial charge in [-0.15, -0.1) is 0 Å². The van der Waals surface area contributed by atoms with Gasteiger partial charge in [0.1, 0.15) is 5.82 Å². The predicted octanol–water partition coefficient (Wildman–Crippen LogP) is 2.50. The lowest BCUT2D eigenvalue weighted by Gasteiger charge is -1.99. The molecule has 100 valence electrons. The van der Waals surface area contributed by atoms with E-state index in [1.807, 2.05) is 6.92 Å². The molecule has 0 aliphatic carbocycles. The number of halogens is 1. The standard InChI is InChI=1S/C12H12FN3O3/c1-2-14-7-12-15-6-11(19-12)9-5-8(13)3-4-10(9)16(17)18/h3-6,14H,2,7H2,1H3. The van der Waals surface area contributed by atoms with Crippen molar-refractivity contribution in [2.24, 2.45) is 0 Å². The van der Waals surface area contributed by atoms with E-state index in [2.05, 4.69) is 10.3 Å². The average Bonchev–Trinajstić information content (AvgIpc) is 2.84. The summed E-state index contributed by atoms with van der Waals surface area (Å²) >= 11 is 0. The minimum absolute atomic E-state index is 0.0836. The zero-order chi connectivity index (χ0) is 13.8. The van der Waals surface area contributed by atoms with Gasteiger partial charge < -0.3 is 9.73 Å². The smallest absolute Gasteiger partial charge is 0.280 e. The van der Waals surface area contributed by atoms with Gasteiger partial charge in [-0.2, -0.15) is 0 Å². The summed E-state index contributed by atoms with van der Waals surface area (Å²) in [5.41, 5.74) is -0.132. The molecule has 2 aromatic rings. The lowest BCUT2D eigenvalue weighted by atomic mass is 10.1. The molecule has 0 aliphatic heterocycles. The van der Waals surface area contributed by atoms with Crippen LogP contribution in [0.25, 0.3) is 11.3 Å². The number of rotatable bonds is 5. The van der Waals surface area contributed by atoms with Crippen LogP contribution < -0.4 is 5.32 Å². The first-order valence-corrected chi connectivity index (χ1v) is 5.71. The molecule has 1 aromatic heterocycles. The van der Waals surface area contributed by atoms with E-state index in [1.54, 1.807) is 0 Å². The minimum Gasteiger partial charge on any atom is -0.439 e. The Morgan fingerprint density at radius 1 is 1.53 bits per heavy atom. The number of hydrogen-bond acceptors (Lipinski definition) is 5. The molecule has 1 heterocycles. The normalized spacial score (nSPS) is 10.6. The maximum Gasteiger partial charge on any atom is 0.280 e. The molecule has 1 N–H and O–H groups in total. The molecule has 0 saturated carbocycles. The minimum atomic E-state index is -0.582. The predicted molar refractivity (Wildman–Crippen MR) is 65.9 cm³/mol. The summed E-state index contributed by atoms with van der Waals surface area (Å²) in [5, 5.41) is 13.9. The van der Waals surface area contributed by atoms with E-state index < -0.39 is 10.7 Å². The molecule has 0 atom stereocenters. The first kappa shape index (κ1) is 13.2. The molecule has 1 aromatic carbocycles. The highest BCUT2D eigenvalue weighted by atomic mass is 19.1. The van der Waals surface area contributed by atoms with Gasteiger partial charge in [0, 0.05) is 6.07 Å². The van der Waals surface area contributed by atoms with Crippen LogP contribution in [0.4, 0.5) is 10.1 Å². The summed E-state index contributed by atoms with van der Waals surface area (Å²) in [7, 11) is 0. The van der Waals surface area contributed by atoms with Crippen LogP contribution in [0.1, 0.15) is 12.8 Å². The molecular weight excluding hydrogens is 253 g/mol.